The van der Waals surface area contributed by atoms with Gasteiger partial charge in [0.25, 0.3) is 0 Å². The standard InChI is InChI=1S/C23H27F3N2O3S.C6H6.C6H10.C3H8S.C2H6/c1-17-14-28-11-10-27(15-18-6-3-2-4-7-18)16-20(28)13-22(17)19-8-5-9-21(12-19)31-32(29,30)23(24,25)26;1-2-4-6-5-3-1;1-3-5-6-4-2;1-3(2)4;1-2/h2-9,12,17,20,22H,10-11,13-16H2,1H3;1-6H;3-6H,1-2H3;3-4H,1-2H3;1-2H3/b;;5-3+,6-4+;;. The summed E-state index contributed by atoms with van der Waals surface area (Å²) in [5.74, 6) is 0.107. The highest BCUT2D eigenvalue weighted by Gasteiger charge is 2.48. The number of piperazine rings is 1. The van der Waals surface area contributed by atoms with Crippen LogP contribution in [0.4, 0.5) is 13.2 Å². The van der Waals surface area contributed by atoms with Gasteiger partial charge in [0, 0.05) is 38.8 Å². The van der Waals surface area contributed by atoms with Gasteiger partial charge in [0.1, 0.15) is 5.75 Å². The Morgan fingerprint density at radius 2 is 1.38 bits per heavy atom. The molecule has 2 heterocycles. The van der Waals surface area contributed by atoms with E-state index in [1.807, 2.05) is 127 Å². The summed E-state index contributed by atoms with van der Waals surface area (Å²) in [6.45, 7) is 18.9. The molecular weight excluding hydrogens is 678 g/mol. The van der Waals surface area contributed by atoms with Crippen molar-refractivity contribution in [2.75, 3.05) is 26.2 Å². The van der Waals surface area contributed by atoms with Gasteiger partial charge >= 0.3 is 15.6 Å². The minimum absolute atomic E-state index is 0.116. The van der Waals surface area contributed by atoms with E-state index in [9.17, 15) is 21.6 Å². The second kappa shape index (κ2) is 24.2. The van der Waals surface area contributed by atoms with Crippen LogP contribution in [0, 0.1) is 5.92 Å². The fourth-order valence-corrected chi connectivity index (χ4v) is 5.92. The first kappa shape index (κ1) is 45.0. The lowest BCUT2D eigenvalue weighted by Crippen LogP contribution is -2.57. The smallest absolute Gasteiger partial charge is 0.376 e. The summed E-state index contributed by atoms with van der Waals surface area (Å²) in [7, 11) is -5.68. The van der Waals surface area contributed by atoms with Crippen molar-refractivity contribution in [3.8, 4) is 5.75 Å². The number of hydrogen-bond donors (Lipinski definition) is 1. The lowest BCUT2D eigenvalue weighted by molar-refractivity contribution is -0.0500. The summed E-state index contributed by atoms with van der Waals surface area (Å²) in [6.07, 6.45) is 8.86. The van der Waals surface area contributed by atoms with E-state index in [0.29, 0.717) is 17.2 Å². The first-order valence-corrected chi connectivity index (χ1v) is 19.2. The molecule has 3 aromatic rings. The molecule has 3 aromatic carbocycles. The van der Waals surface area contributed by atoms with Gasteiger partial charge in [-0.05, 0) is 60.6 Å². The number of rotatable bonds is 6. The van der Waals surface area contributed by atoms with Crippen molar-refractivity contribution in [1.82, 2.24) is 9.80 Å². The second-order valence-corrected chi connectivity index (χ2v) is 14.6. The Bertz CT molecular complexity index is 1430. The molecular formula is C40H57F3N2O3S2. The molecule has 278 valence electrons. The first-order chi connectivity index (χ1) is 23.8. The van der Waals surface area contributed by atoms with Crippen LogP contribution in [0.25, 0.3) is 0 Å². The van der Waals surface area contributed by atoms with Crippen molar-refractivity contribution in [2.24, 2.45) is 5.92 Å². The van der Waals surface area contributed by atoms with Crippen molar-refractivity contribution in [3.63, 3.8) is 0 Å². The molecule has 2 aliphatic heterocycles. The Morgan fingerprint density at radius 3 is 1.88 bits per heavy atom. The summed E-state index contributed by atoms with van der Waals surface area (Å²) in [5.41, 5.74) is -3.36. The molecule has 5 nitrogen and oxygen atoms in total. The van der Waals surface area contributed by atoms with Gasteiger partial charge in [-0.3, -0.25) is 9.80 Å². The van der Waals surface area contributed by atoms with Crippen molar-refractivity contribution in [3.05, 3.63) is 126 Å². The van der Waals surface area contributed by atoms with Gasteiger partial charge in [-0.2, -0.15) is 34.2 Å². The number of thiol groups is 1. The van der Waals surface area contributed by atoms with Gasteiger partial charge < -0.3 is 4.18 Å². The molecule has 3 unspecified atom stereocenters. The summed E-state index contributed by atoms with van der Waals surface area (Å²) in [4.78, 5) is 4.94. The highest BCUT2D eigenvalue weighted by atomic mass is 32.2. The number of piperidine rings is 1. The third kappa shape index (κ3) is 17.2. The van der Waals surface area contributed by atoms with E-state index >= 15 is 0 Å². The molecule has 0 aromatic heterocycles. The summed E-state index contributed by atoms with van der Waals surface area (Å²) >= 11 is 3.97. The van der Waals surface area contributed by atoms with Gasteiger partial charge in [0.15, 0.2) is 0 Å². The maximum Gasteiger partial charge on any atom is 0.534 e. The van der Waals surface area contributed by atoms with E-state index in [1.54, 1.807) is 6.07 Å². The molecule has 0 amide bonds. The molecule has 0 spiro atoms. The lowest BCUT2D eigenvalue weighted by atomic mass is 9.77. The maximum absolute atomic E-state index is 12.7. The largest absolute Gasteiger partial charge is 0.534 e. The quantitative estimate of drug-likeness (QED) is 0.118. The lowest BCUT2D eigenvalue weighted by Gasteiger charge is -2.48. The number of fused-ring (bicyclic) bond motifs is 1. The predicted octanol–water partition coefficient (Wildman–Crippen LogP) is 10.4. The Kier molecular flexibility index (Phi) is 21.8. The van der Waals surface area contributed by atoms with E-state index in [1.165, 1.54) is 17.7 Å². The fourth-order valence-electron chi connectivity index (χ4n) is 5.47. The molecule has 2 fully saturated rings. The van der Waals surface area contributed by atoms with E-state index in [4.69, 9.17) is 0 Å². The van der Waals surface area contributed by atoms with E-state index < -0.39 is 15.6 Å². The zero-order chi connectivity index (χ0) is 37.6. The minimum Gasteiger partial charge on any atom is -0.376 e. The molecule has 0 aliphatic carbocycles. The molecule has 2 aliphatic rings. The predicted molar refractivity (Wildman–Crippen MR) is 207 cm³/mol. The second-order valence-electron chi connectivity index (χ2n) is 12.0. The third-order valence-electron chi connectivity index (χ3n) is 7.61. The zero-order valence-electron chi connectivity index (χ0n) is 30.6. The molecule has 50 heavy (non-hydrogen) atoms. The van der Waals surface area contributed by atoms with E-state index in [0.717, 1.165) is 44.7 Å². The normalized spacial score (nSPS) is 19.4. The fraction of sp³-hybridized carbons (Fsp3) is 0.450. The SMILES string of the molecule is C/C=C/C=C/C.CC.CC(C)S.CC1CN2CCN(Cc3ccccc3)CC2CC1c1cccc(OS(=O)(=O)C(F)(F)F)c1.c1ccccc1. The molecule has 0 radical (unpaired) electrons. The number of allylic oxidation sites excluding steroid dienone is 4. The monoisotopic (exact) mass is 734 g/mol. The number of alkyl halides is 3. The Balaban J connectivity index is 0.000000570. The first-order valence-electron chi connectivity index (χ1n) is 17.3. The molecule has 3 atom stereocenters. The van der Waals surface area contributed by atoms with Crippen LogP contribution in [0.1, 0.15) is 71.9 Å². The van der Waals surface area contributed by atoms with E-state index in [2.05, 4.69) is 45.7 Å². The minimum atomic E-state index is -5.68. The third-order valence-corrected chi connectivity index (χ3v) is 8.59. The highest BCUT2D eigenvalue weighted by molar-refractivity contribution is 7.88. The van der Waals surface area contributed by atoms with Crippen molar-refractivity contribution < 1.29 is 25.8 Å². The molecule has 2 saturated heterocycles. The van der Waals surface area contributed by atoms with Crippen LogP contribution in [0.15, 0.2) is 115 Å². The van der Waals surface area contributed by atoms with Crippen LogP contribution >= 0.6 is 12.6 Å². The van der Waals surface area contributed by atoms with Crippen molar-refractivity contribution in [2.45, 2.75) is 84.1 Å². The van der Waals surface area contributed by atoms with Gasteiger partial charge in [0.05, 0.1) is 0 Å². The van der Waals surface area contributed by atoms with Crippen LogP contribution in [-0.4, -0.2) is 61.2 Å². The average Bonchev–Trinajstić information content (AvgIpc) is 3.09. The summed E-state index contributed by atoms with van der Waals surface area (Å²) in [6, 6.07) is 28.8. The molecule has 5 rings (SSSR count). The van der Waals surface area contributed by atoms with E-state index in [-0.39, 0.29) is 11.7 Å². The number of hydrogen-bond acceptors (Lipinski definition) is 6. The zero-order valence-corrected chi connectivity index (χ0v) is 32.3. The Hall–Kier alpha value is -3.05. The van der Waals surface area contributed by atoms with Gasteiger partial charge in [0.2, 0.25) is 0 Å². The molecule has 0 saturated carbocycles. The van der Waals surface area contributed by atoms with Crippen LogP contribution in [0.2, 0.25) is 0 Å². The average molecular weight is 735 g/mol. The van der Waals surface area contributed by atoms with Crippen LogP contribution < -0.4 is 4.18 Å². The molecule has 0 N–H and O–H groups in total. The van der Waals surface area contributed by atoms with Gasteiger partial charge in [-0.15, -0.1) is 0 Å². The Labute approximate surface area is 305 Å². The molecule has 10 heteroatoms. The maximum atomic E-state index is 12.7. The van der Waals surface area contributed by atoms with Crippen LogP contribution in [0.3, 0.4) is 0 Å². The number of nitrogens with zero attached hydrogens (tertiary/aromatic N) is 2. The van der Waals surface area contributed by atoms with Crippen molar-refractivity contribution >= 4 is 22.7 Å². The summed E-state index contributed by atoms with van der Waals surface area (Å²) < 4.78 is 65.2. The van der Waals surface area contributed by atoms with Crippen LogP contribution in [0.5, 0.6) is 5.75 Å². The topological polar surface area (TPSA) is 49.9 Å². The van der Waals surface area contributed by atoms with Crippen molar-refractivity contribution in [1.29, 1.82) is 0 Å². The van der Waals surface area contributed by atoms with Crippen LogP contribution in [-0.2, 0) is 16.7 Å². The summed E-state index contributed by atoms with van der Waals surface area (Å²) in [5, 5.41) is 0.528. The Morgan fingerprint density at radius 1 is 0.860 bits per heavy atom. The highest BCUT2D eigenvalue weighted by Crippen LogP contribution is 2.39. The number of benzene rings is 3. The number of halogens is 3. The van der Waals surface area contributed by atoms with Gasteiger partial charge in [-0.25, -0.2) is 0 Å². The van der Waals surface area contributed by atoms with Gasteiger partial charge in [-0.1, -0.05) is 138 Å². The molecule has 0 bridgehead atoms.